The molecule has 1 heterocycles. The first kappa shape index (κ1) is 13.5. The summed E-state index contributed by atoms with van der Waals surface area (Å²) in [7, 11) is 1.65. The molecule has 1 N–H and O–H groups in total. The Morgan fingerprint density at radius 1 is 1.67 bits per heavy atom. The summed E-state index contributed by atoms with van der Waals surface area (Å²) in [4.78, 5) is 14.3. The van der Waals surface area contributed by atoms with Crippen molar-refractivity contribution in [2.45, 2.75) is 18.9 Å². The summed E-state index contributed by atoms with van der Waals surface area (Å²) >= 11 is 1.71. The van der Waals surface area contributed by atoms with E-state index in [4.69, 9.17) is 9.84 Å². The summed E-state index contributed by atoms with van der Waals surface area (Å²) in [6, 6.07) is 4.39. The fraction of sp³-hybridized carbons (Fsp3) is 0.615. The molecule has 1 aliphatic carbocycles. The predicted octanol–water partition coefficient (Wildman–Crippen LogP) is 2.23. The van der Waals surface area contributed by atoms with Crippen molar-refractivity contribution in [1.29, 1.82) is 0 Å². The number of methoxy groups -OCH3 is 1. The van der Waals surface area contributed by atoms with E-state index in [1.54, 1.807) is 18.4 Å². The van der Waals surface area contributed by atoms with Crippen molar-refractivity contribution in [2.75, 3.05) is 26.8 Å². The fourth-order valence-electron chi connectivity index (χ4n) is 2.28. The third-order valence-corrected chi connectivity index (χ3v) is 4.16. The van der Waals surface area contributed by atoms with Crippen LogP contribution in [0, 0.1) is 5.92 Å². The SMILES string of the molecule is COCCN(CC(=O)O)C(c1cccs1)C1CC1. The van der Waals surface area contributed by atoms with E-state index in [1.807, 2.05) is 11.0 Å². The van der Waals surface area contributed by atoms with E-state index in [2.05, 4.69) is 11.4 Å². The van der Waals surface area contributed by atoms with Crippen LogP contribution in [0.4, 0.5) is 0 Å². The van der Waals surface area contributed by atoms with E-state index < -0.39 is 5.97 Å². The number of aliphatic carboxylic acids is 1. The lowest BCUT2D eigenvalue weighted by molar-refractivity contribution is -0.139. The van der Waals surface area contributed by atoms with Crippen LogP contribution in [0.25, 0.3) is 0 Å². The van der Waals surface area contributed by atoms with Crippen LogP contribution < -0.4 is 0 Å². The second kappa shape index (κ2) is 6.31. The molecule has 4 nitrogen and oxygen atoms in total. The lowest BCUT2D eigenvalue weighted by Gasteiger charge is -2.29. The number of ether oxygens (including phenoxy) is 1. The lowest BCUT2D eigenvalue weighted by atomic mass is 10.1. The monoisotopic (exact) mass is 269 g/mol. The minimum atomic E-state index is -0.770. The van der Waals surface area contributed by atoms with Gasteiger partial charge in [-0.25, -0.2) is 0 Å². The van der Waals surface area contributed by atoms with Gasteiger partial charge < -0.3 is 9.84 Å². The number of nitrogens with zero attached hydrogens (tertiary/aromatic N) is 1. The zero-order valence-corrected chi connectivity index (χ0v) is 11.4. The molecule has 0 aliphatic heterocycles. The summed E-state index contributed by atoms with van der Waals surface area (Å²) < 4.78 is 5.09. The quantitative estimate of drug-likeness (QED) is 0.786. The maximum atomic E-state index is 11.0. The van der Waals surface area contributed by atoms with Crippen LogP contribution in [0.15, 0.2) is 17.5 Å². The molecule has 0 aromatic carbocycles. The van der Waals surface area contributed by atoms with Crippen LogP contribution in [-0.2, 0) is 9.53 Å². The Balaban J connectivity index is 2.11. The molecule has 0 bridgehead atoms. The Morgan fingerprint density at radius 2 is 2.44 bits per heavy atom. The van der Waals surface area contributed by atoms with Crippen molar-refractivity contribution in [1.82, 2.24) is 4.90 Å². The average Bonchev–Trinajstić information content (AvgIpc) is 3.00. The minimum Gasteiger partial charge on any atom is -0.480 e. The Morgan fingerprint density at radius 3 is 2.94 bits per heavy atom. The Bertz CT molecular complexity index is 376. The van der Waals surface area contributed by atoms with Crippen LogP contribution in [0.3, 0.4) is 0 Å². The number of carboxylic acid groups (broad SMARTS) is 1. The lowest BCUT2D eigenvalue weighted by Crippen LogP contribution is -2.36. The second-order valence-corrected chi connectivity index (χ2v) is 5.63. The Labute approximate surface area is 111 Å². The number of hydrogen-bond donors (Lipinski definition) is 1. The summed E-state index contributed by atoms with van der Waals surface area (Å²) in [5.74, 6) is -0.159. The smallest absolute Gasteiger partial charge is 0.317 e. The molecule has 18 heavy (non-hydrogen) atoms. The van der Waals surface area contributed by atoms with Crippen LogP contribution in [0.5, 0.6) is 0 Å². The molecule has 0 amide bonds. The maximum Gasteiger partial charge on any atom is 0.317 e. The largest absolute Gasteiger partial charge is 0.480 e. The van der Waals surface area contributed by atoms with Gasteiger partial charge in [-0.05, 0) is 30.2 Å². The number of rotatable bonds is 8. The Kier molecular flexibility index (Phi) is 4.74. The van der Waals surface area contributed by atoms with Gasteiger partial charge in [0.15, 0.2) is 0 Å². The van der Waals surface area contributed by atoms with Crippen LogP contribution in [-0.4, -0.2) is 42.8 Å². The van der Waals surface area contributed by atoms with Gasteiger partial charge in [0.1, 0.15) is 0 Å². The first-order valence-electron chi connectivity index (χ1n) is 6.20. The molecule has 1 unspecified atom stereocenters. The van der Waals surface area contributed by atoms with Gasteiger partial charge in [0.2, 0.25) is 0 Å². The molecule has 1 atom stereocenters. The fourth-order valence-corrected chi connectivity index (χ4v) is 3.23. The zero-order chi connectivity index (χ0) is 13.0. The molecule has 2 rings (SSSR count). The molecular weight excluding hydrogens is 250 g/mol. The van der Waals surface area contributed by atoms with Gasteiger partial charge in [-0.15, -0.1) is 11.3 Å². The average molecular weight is 269 g/mol. The van der Waals surface area contributed by atoms with Gasteiger partial charge in [-0.3, -0.25) is 9.69 Å². The summed E-state index contributed by atoms with van der Waals surface area (Å²) in [5, 5.41) is 11.1. The highest BCUT2D eigenvalue weighted by Crippen LogP contribution is 2.45. The number of carboxylic acids is 1. The van der Waals surface area contributed by atoms with E-state index in [-0.39, 0.29) is 12.6 Å². The predicted molar refractivity (Wildman–Crippen MR) is 70.9 cm³/mol. The molecule has 1 aromatic heterocycles. The van der Waals surface area contributed by atoms with Gasteiger partial charge in [0, 0.05) is 24.6 Å². The maximum absolute atomic E-state index is 11.0. The van der Waals surface area contributed by atoms with E-state index in [0.29, 0.717) is 19.1 Å². The highest BCUT2D eigenvalue weighted by atomic mass is 32.1. The molecule has 1 fully saturated rings. The van der Waals surface area contributed by atoms with Gasteiger partial charge >= 0.3 is 5.97 Å². The number of carbonyl (C=O) groups is 1. The van der Waals surface area contributed by atoms with Gasteiger partial charge in [0.25, 0.3) is 0 Å². The summed E-state index contributed by atoms with van der Waals surface area (Å²) in [5.41, 5.74) is 0. The summed E-state index contributed by atoms with van der Waals surface area (Å²) in [6.45, 7) is 1.33. The highest BCUT2D eigenvalue weighted by molar-refractivity contribution is 7.10. The first-order valence-corrected chi connectivity index (χ1v) is 7.08. The van der Waals surface area contributed by atoms with Crippen LogP contribution in [0.1, 0.15) is 23.8 Å². The van der Waals surface area contributed by atoms with Crippen LogP contribution in [0.2, 0.25) is 0 Å². The minimum absolute atomic E-state index is 0.0857. The molecule has 1 aromatic rings. The standard InChI is InChI=1S/C13H19NO3S/c1-17-7-6-14(9-12(15)16)13(10-4-5-10)11-3-2-8-18-11/h2-3,8,10,13H,4-7,9H2,1H3,(H,15,16). The molecular formula is C13H19NO3S. The molecule has 1 aliphatic rings. The van der Waals surface area contributed by atoms with Gasteiger partial charge in [-0.2, -0.15) is 0 Å². The van der Waals surface area contributed by atoms with Crippen LogP contribution >= 0.6 is 11.3 Å². The number of hydrogen-bond acceptors (Lipinski definition) is 4. The third kappa shape index (κ3) is 3.54. The second-order valence-electron chi connectivity index (χ2n) is 4.65. The first-order chi connectivity index (χ1) is 8.72. The molecule has 0 spiro atoms. The molecule has 0 saturated heterocycles. The van der Waals surface area contributed by atoms with Crippen molar-refractivity contribution < 1.29 is 14.6 Å². The topological polar surface area (TPSA) is 49.8 Å². The number of thiophene rings is 1. The van der Waals surface area contributed by atoms with E-state index in [0.717, 1.165) is 0 Å². The molecule has 1 saturated carbocycles. The van der Waals surface area contributed by atoms with Crippen molar-refractivity contribution in [3.8, 4) is 0 Å². The van der Waals surface area contributed by atoms with Crippen molar-refractivity contribution in [2.24, 2.45) is 5.92 Å². The summed E-state index contributed by atoms with van der Waals surface area (Å²) in [6.07, 6.45) is 2.40. The van der Waals surface area contributed by atoms with E-state index >= 15 is 0 Å². The van der Waals surface area contributed by atoms with E-state index in [1.165, 1.54) is 17.7 Å². The molecule has 5 heteroatoms. The normalized spacial score (nSPS) is 17.0. The third-order valence-electron chi connectivity index (χ3n) is 3.22. The zero-order valence-electron chi connectivity index (χ0n) is 10.5. The van der Waals surface area contributed by atoms with E-state index in [9.17, 15) is 4.79 Å². The van der Waals surface area contributed by atoms with Gasteiger partial charge in [0.05, 0.1) is 13.2 Å². The van der Waals surface area contributed by atoms with Crippen molar-refractivity contribution in [3.63, 3.8) is 0 Å². The van der Waals surface area contributed by atoms with Crippen molar-refractivity contribution in [3.05, 3.63) is 22.4 Å². The molecule has 100 valence electrons. The van der Waals surface area contributed by atoms with Crippen molar-refractivity contribution >= 4 is 17.3 Å². The Hall–Kier alpha value is -0.910. The highest BCUT2D eigenvalue weighted by Gasteiger charge is 2.37. The molecule has 0 radical (unpaired) electrons. The van der Waals surface area contributed by atoms with Gasteiger partial charge in [-0.1, -0.05) is 6.07 Å².